The van der Waals surface area contributed by atoms with Crippen LogP contribution in [0.15, 0.2) is 34.8 Å². The molecule has 3 rings (SSSR count). The second kappa shape index (κ2) is 7.99. The number of thiazole rings is 1. The molecular weight excluding hydrogens is 378 g/mol. The molecular formula is C16H16ClN5OS2. The van der Waals surface area contributed by atoms with Crippen LogP contribution in [0.5, 0.6) is 0 Å². The predicted molar refractivity (Wildman–Crippen MR) is 102 cm³/mol. The van der Waals surface area contributed by atoms with E-state index in [0.717, 1.165) is 17.9 Å². The van der Waals surface area contributed by atoms with E-state index in [1.165, 1.54) is 30.0 Å². The first-order valence-corrected chi connectivity index (χ1v) is 9.86. The van der Waals surface area contributed by atoms with Crippen LogP contribution in [0.1, 0.15) is 25.4 Å². The van der Waals surface area contributed by atoms with Gasteiger partial charge in [-0.25, -0.2) is 9.97 Å². The van der Waals surface area contributed by atoms with Gasteiger partial charge in [0.2, 0.25) is 11.1 Å². The Morgan fingerprint density at radius 3 is 2.92 bits per heavy atom. The van der Waals surface area contributed by atoms with Crippen LogP contribution in [0.25, 0.3) is 0 Å². The first-order chi connectivity index (χ1) is 12.1. The lowest BCUT2D eigenvalue weighted by Crippen LogP contribution is -2.22. The number of halogens is 1. The van der Waals surface area contributed by atoms with Crippen molar-refractivity contribution in [2.45, 2.75) is 31.2 Å². The van der Waals surface area contributed by atoms with E-state index in [2.05, 4.69) is 20.2 Å². The van der Waals surface area contributed by atoms with Crippen LogP contribution in [-0.4, -0.2) is 26.1 Å². The fourth-order valence-electron chi connectivity index (χ4n) is 2.15. The normalized spacial score (nSPS) is 10.8. The first kappa shape index (κ1) is 17.9. The quantitative estimate of drug-likeness (QED) is 0.626. The second-order valence-electron chi connectivity index (χ2n) is 5.16. The van der Waals surface area contributed by atoms with Crippen molar-refractivity contribution in [2.24, 2.45) is 0 Å². The minimum absolute atomic E-state index is 0.114. The van der Waals surface area contributed by atoms with E-state index in [1.807, 2.05) is 24.4 Å². The van der Waals surface area contributed by atoms with Gasteiger partial charge in [0.05, 0.1) is 11.4 Å². The smallest absolute Gasteiger partial charge is 0.230 e. The number of amides is 1. The summed E-state index contributed by atoms with van der Waals surface area (Å²) in [7, 11) is 0. The van der Waals surface area contributed by atoms with Gasteiger partial charge in [0.1, 0.15) is 5.82 Å². The fourth-order valence-corrected chi connectivity index (χ4v) is 4.03. The van der Waals surface area contributed by atoms with Gasteiger partial charge in [-0.3, -0.25) is 14.8 Å². The van der Waals surface area contributed by atoms with Crippen molar-refractivity contribution >= 4 is 51.4 Å². The monoisotopic (exact) mass is 393 g/mol. The summed E-state index contributed by atoms with van der Waals surface area (Å²) >= 11 is 8.97. The molecule has 0 aliphatic heterocycles. The van der Waals surface area contributed by atoms with Crippen molar-refractivity contribution in [1.82, 2.24) is 20.2 Å². The van der Waals surface area contributed by atoms with Gasteiger partial charge in [0.15, 0.2) is 5.13 Å². The Bertz CT molecular complexity index is 879. The molecule has 0 radical (unpaired) electrons. The number of aryl methyl sites for hydroxylation is 1. The zero-order valence-electron chi connectivity index (χ0n) is 13.7. The Morgan fingerprint density at radius 2 is 2.24 bits per heavy atom. The van der Waals surface area contributed by atoms with Crippen molar-refractivity contribution in [3.63, 3.8) is 0 Å². The van der Waals surface area contributed by atoms with Crippen molar-refractivity contribution in [3.05, 3.63) is 46.2 Å². The van der Waals surface area contributed by atoms with Crippen molar-refractivity contribution in [1.29, 1.82) is 0 Å². The molecule has 9 heteroatoms. The molecule has 0 unspecified atom stereocenters. The topological polar surface area (TPSA) is 74.8 Å². The highest BCUT2D eigenvalue weighted by Gasteiger charge is 2.18. The average Bonchev–Trinajstić information content (AvgIpc) is 3.22. The molecule has 2 aromatic heterocycles. The number of aromatic amines is 1. The SMILES string of the molecule is CCc1nc(SCc2csc(N(C(C)=O)c3cccc(Cl)c3)n2)n[nH]1. The van der Waals surface area contributed by atoms with E-state index in [0.29, 0.717) is 26.8 Å². The molecule has 0 spiro atoms. The van der Waals surface area contributed by atoms with E-state index < -0.39 is 0 Å². The number of carbonyl (C=O) groups excluding carboxylic acids is 1. The van der Waals surface area contributed by atoms with Gasteiger partial charge in [-0.2, -0.15) is 0 Å². The summed E-state index contributed by atoms with van der Waals surface area (Å²) < 4.78 is 0. The zero-order chi connectivity index (χ0) is 17.8. The number of nitrogens with one attached hydrogen (secondary N) is 1. The molecule has 0 saturated heterocycles. The van der Waals surface area contributed by atoms with Gasteiger partial charge in [0.25, 0.3) is 0 Å². The Balaban J connectivity index is 1.75. The number of benzene rings is 1. The lowest BCUT2D eigenvalue weighted by molar-refractivity contribution is -0.115. The second-order valence-corrected chi connectivity index (χ2v) is 7.38. The fraction of sp³-hybridized carbons (Fsp3) is 0.250. The van der Waals surface area contributed by atoms with Crippen molar-refractivity contribution in [2.75, 3.05) is 4.90 Å². The molecule has 3 aromatic rings. The first-order valence-electron chi connectivity index (χ1n) is 7.61. The van der Waals surface area contributed by atoms with Crippen LogP contribution in [-0.2, 0) is 17.0 Å². The van der Waals surface area contributed by atoms with E-state index >= 15 is 0 Å². The maximum absolute atomic E-state index is 12.1. The molecule has 1 aromatic carbocycles. The maximum Gasteiger partial charge on any atom is 0.230 e. The molecule has 25 heavy (non-hydrogen) atoms. The number of H-pyrrole nitrogens is 1. The molecule has 0 saturated carbocycles. The third kappa shape index (κ3) is 4.39. The minimum atomic E-state index is -0.114. The van der Waals surface area contributed by atoms with E-state index in [1.54, 1.807) is 17.0 Å². The number of carbonyl (C=O) groups is 1. The molecule has 130 valence electrons. The number of anilines is 2. The highest BCUT2D eigenvalue weighted by atomic mass is 35.5. The van der Waals surface area contributed by atoms with Crippen LogP contribution >= 0.6 is 34.7 Å². The summed E-state index contributed by atoms with van der Waals surface area (Å²) in [6, 6.07) is 7.17. The van der Waals surface area contributed by atoms with Crippen LogP contribution in [0.3, 0.4) is 0 Å². The average molecular weight is 394 g/mol. The van der Waals surface area contributed by atoms with Crippen LogP contribution < -0.4 is 4.90 Å². The summed E-state index contributed by atoms with van der Waals surface area (Å²) in [5.41, 5.74) is 1.58. The molecule has 1 amide bonds. The van der Waals surface area contributed by atoms with Gasteiger partial charge in [0, 0.05) is 29.5 Å². The molecule has 0 aliphatic carbocycles. The molecule has 2 heterocycles. The van der Waals surface area contributed by atoms with E-state index in [9.17, 15) is 4.79 Å². The Hall–Kier alpha value is -1.90. The minimum Gasteiger partial charge on any atom is -0.274 e. The Labute approximate surface area is 158 Å². The van der Waals surface area contributed by atoms with Gasteiger partial charge in [-0.05, 0) is 18.2 Å². The molecule has 6 nitrogen and oxygen atoms in total. The summed E-state index contributed by atoms with van der Waals surface area (Å²) in [6.45, 7) is 3.53. The van der Waals surface area contributed by atoms with Crippen LogP contribution in [0, 0.1) is 0 Å². The van der Waals surface area contributed by atoms with Gasteiger partial charge >= 0.3 is 0 Å². The van der Waals surface area contributed by atoms with Gasteiger partial charge < -0.3 is 0 Å². The van der Waals surface area contributed by atoms with Crippen LogP contribution in [0.2, 0.25) is 5.02 Å². The Kier molecular flexibility index (Phi) is 5.72. The van der Waals surface area contributed by atoms with Crippen molar-refractivity contribution in [3.8, 4) is 0 Å². The molecule has 1 N–H and O–H groups in total. The maximum atomic E-state index is 12.1. The number of hydrogen-bond acceptors (Lipinski definition) is 6. The number of hydrogen-bond donors (Lipinski definition) is 1. The lowest BCUT2D eigenvalue weighted by Gasteiger charge is -2.18. The van der Waals surface area contributed by atoms with Gasteiger partial charge in [-0.15, -0.1) is 16.4 Å². The zero-order valence-corrected chi connectivity index (χ0v) is 16.1. The Morgan fingerprint density at radius 1 is 1.40 bits per heavy atom. The summed E-state index contributed by atoms with van der Waals surface area (Å²) in [5, 5.41) is 10.9. The highest BCUT2D eigenvalue weighted by molar-refractivity contribution is 7.98. The predicted octanol–water partition coefficient (Wildman–Crippen LogP) is 4.45. The third-order valence-corrected chi connectivity index (χ3v) is 5.30. The van der Waals surface area contributed by atoms with Gasteiger partial charge in [-0.1, -0.05) is 36.4 Å². The summed E-state index contributed by atoms with van der Waals surface area (Å²) in [4.78, 5) is 22.6. The molecule has 0 aliphatic rings. The standard InChI is InChI=1S/C16H16ClN5OS2/c1-3-14-19-15(21-20-14)24-8-12-9-25-16(18-12)22(10(2)23)13-6-4-5-11(17)7-13/h4-7,9H,3,8H2,1-2H3,(H,19,20,21). The molecule has 0 fully saturated rings. The molecule has 0 bridgehead atoms. The van der Waals surface area contributed by atoms with E-state index in [-0.39, 0.29) is 5.91 Å². The largest absolute Gasteiger partial charge is 0.274 e. The van der Waals surface area contributed by atoms with E-state index in [4.69, 9.17) is 11.6 Å². The summed E-state index contributed by atoms with van der Waals surface area (Å²) in [5.74, 6) is 1.39. The number of rotatable bonds is 6. The highest BCUT2D eigenvalue weighted by Crippen LogP contribution is 2.31. The number of thioether (sulfide) groups is 1. The number of nitrogens with zero attached hydrogens (tertiary/aromatic N) is 4. The third-order valence-electron chi connectivity index (χ3n) is 3.31. The molecule has 0 atom stereocenters. The summed E-state index contributed by atoms with van der Waals surface area (Å²) in [6.07, 6.45) is 0.821. The lowest BCUT2D eigenvalue weighted by atomic mass is 10.3. The van der Waals surface area contributed by atoms with Crippen molar-refractivity contribution < 1.29 is 4.79 Å². The van der Waals surface area contributed by atoms with Crippen LogP contribution in [0.4, 0.5) is 10.8 Å². The number of aromatic nitrogens is 4.